The molecule has 0 fully saturated rings. The fraction of sp³-hybridized carbons (Fsp3) is 0.333. The van der Waals surface area contributed by atoms with E-state index in [1.165, 1.54) is 6.08 Å². The van der Waals surface area contributed by atoms with E-state index < -0.39 is 0 Å². The summed E-state index contributed by atoms with van der Waals surface area (Å²) in [6.45, 7) is 0.507. The summed E-state index contributed by atoms with van der Waals surface area (Å²) in [6, 6.07) is 5.20. The van der Waals surface area contributed by atoms with Crippen LogP contribution in [0, 0.1) is 0 Å². The van der Waals surface area contributed by atoms with E-state index in [1.54, 1.807) is 50.5 Å². The Hall–Kier alpha value is -3.20. The van der Waals surface area contributed by atoms with Gasteiger partial charge in [-0.1, -0.05) is 0 Å². The second-order valence-electron chi connectivity index (χ2n) is 6.22. The van der Waals surface area contributed by atoms with E-state index in [9.17, 15) is 9.59 Å². The van der Waals surface area contributed by atoms with Crippen LogP contribution in [0.2, 0.25) is 0 Å². The molecule has 4 N–H and O–H groups in total. The fourth-order valence-corrected chi connectivity index (χ4v) is 2.97. The van der Waals surface area contributed by atoms with Crippen molar-refractivity contribution in [3.63, 3.8) is 0 Å². The summed E-state index contributed by atoms with van der Waals surface area (Å²) in [7, 11) is 6.77. The Morgan fingerprint density at radius 3 is 2.81 bits per heavy atom. The van der Waals surface area contributed by atoms with E-state index in [0.717, 1.165) is 17.2 Å². The molecule has 0 radical (unpaired) electrons. The van der Waals surface area contributed by atoms with Crippen LogP contribution in [-0.2, 0) is 4.79 Å². The van der Waals surface area contributed by atoms with Crippen molar-refractivity contribution in [2.45, 2.75) is 6.29 Å². The van der Waals surface area contributed by atoms with Crippen molar-refractivity contribution in [2.24, 2.45) is 0 Å². The highest BCUT2D eigenvalue weighted by molar-refractivity contribution is 5.95. The summed E-state index contributed by atoms with van der Waals surface area (Å²) < 4.78 is 5.42. The molecule has 144 valence electrons. The number of methoxy groups -OCH3 is 1. The van der Waals surface area contributed by atoms with Gasteiger partial charge in [0.05, 0.1) is 18.5 Å². The highest BCUT2D eigenvalue weighted by Gasteiger charge is 2.28. The third kappa shape index (κ3) is 3.68. The molecule has 27 heavy (non-hydrogen) atoms. The number of ether oxygens (including phenoxy) is 1. The van der Waals surface area contributed by atoms with Crippen molar-refractivity contribution in [2.75, 3.05) is 40.1 Å². The van der Waals surface area contributed by atoms with Crippen LogP contribution in [0.15, 0.2) is 42.0 Å². The second-order valence-corrected chi connectivity index (χ2v) is 6.22. The number of nitrogens with one attached hydrogen (secondary N) is 4. The summed E-state index contributed by atoms with van der Waals surface area (Å²) >= 11 is 0. The first-order valence-corrected chi connectivity index (χ1v) is 8.53. The van der Waals surface area contributed by atoms with E-state index in [4.69, 9.17) is 4.74 Å². The van der Waals surface area contributed by atoms with Crippen LogP contribution >= 0.6 is 0 Å². The van der Waals surface area contributed by atoms with Gasteiger partial charge in [-0.2, -0.15) is 0 Å². The van der Waals surface area contributed by atoms with Crippen molar-refractivity contribution in [1.82, 2.24) is 25.8 Å². The predicted molar refractivity (Wildman–Crippen MR) is 102 cm³/mol. The molecule has 0 saturated heterocycles. The van der Waals surface area contributed by atoms with Crippen molar-refractivity contribution in [3.05, 3.63) is 47.6 Å². The smallest absolute Gasteiger partial charge is 0.252 e. The van der Waals surface area contributed by atoms with Gasteiger partial charge in [-0.05, 0) is 18.2 Å². The third-order valence-electron chi connectivity index (χ3n) is 4.55. The minimum absolute atomic E-state index is 0.0756. The largest absolute Gasteiger partial charge is 0.495 e. The molecule has 2 heterocycles. The Morgan fingerprint density at radius 1 is 1.33 bits per heavy atom. The van der Waals surface area contributed by atoms with Crippen LogP contribution in [-0.4, -0.2) is 62.7 Å². The predicted octanol–water partition coefficient (Wildman–Crippen LogP) is 0.0297. The molecule has 1 aromatic carbocycles. The first-order valence-electron chi connectivity index (χ1n) is 8.53. The molecular formula is C18H24N6O3. The number of anilines is 1. The zero-order chi connectivity index (χ0) is 19.6. The molecule has 0 aliphatic carbocycles. The standard InChI is InChI=1S/C18H24N6O3/c1-19-17(26)11-5-6-12(14(9-11)27-4)21-18-20-10-13-16(22-18)23(2)8-7-15(25)24(13)3/h5-9,18,20-22H,10H2,1-4H3,(H,19,26). The maximum Gasteiger partial charge on any atom is 0.252 e. The molecule has 1 unspecified atom stereocenters. The van der Waals surface area contributed by atoms with E-state index in [1.807, 2.05) is 11.9 Å². The number of carbonyl (C=O) groups is 2. The lowest BCUT2D eigenvalue weighted by molar-refractivity contribution is -0.123. The van der Waals surface area contributed by atoms with Gasteiger partial charge in [0.1, 0.15) is 11.6 Å². The Balaban J connectivity index is 1.80. The lowest BCUT2D eigenvalue weighted by Crippen LogP contribution is -2.56. The monoisotopic (exact) mass is 372 g/mol. The van der Waals surface area contributed by atoms with Crippen LogP contribution in [0.1, 0.15) is 10.4 Å². The summed E-state index contributed by atoms with van der Waals surface area (Å²) in [5, 5.41) is 12.6. The highest BCUT2D eigenvalue weighted by Crippen LogP contribution is 2.27. The average molecular weight is 372 g/mol. The van der Waals surface area contributed by atoms with Crippen molar-refractivity contribution in [1.29, 1.82) is 0 Å². The molecular weight excluding hydrogens is 348 g/mol. The first kappa shape index (κ1) is 18.6. The topological polar surface area (TPSA) is 98.0 Å². The Labute approximate surface area is 158 Å². The Bertz CT molecular complexity index is 819. The van der Waals surface area contributed by atoms with E-state index in [-0.39, 0.29) is 18.1 Å². The SMILES string of the molecule is CNC(=O)c1ccc(NC2NCC3=C(N2)N(C)C=CC(=O)N3C)c(OC)c1. The number of benzene rings is 1. The van der Waals surface area contributed by atoms with Gasteiger partial charge < -0.3 is 30.5 Å². The third-order valence-corrected chi connectivity index (χ3v) is 4.55. The normalized spacial score (nSPS) is 19.3. The van der Waals surface area contributed by atoms with Gasteiger partial charge in [-0.25, -0.2) is 0 Å². The number of hydrogen-bond acceptors (Lipinski definition) is 7. The fourth-order valence-electron chi connectivity index (χ4n) is 2.97. The molecule has 0 bridgehead atoms. The maximum absolute atomic E-state index is 12.0. The van der Waals surface area contributed by atoms with Gasteiger partial charge in [-0.3, -0.25) is 14.9 Å². The van der Waals surface area contributed by atoms with Crippen LogP contribution in [0.4, 0.5) is 5.69 Å². The molecule has 2 amide bonds. The molecule has 2 aliphatic heterocycles. The van der Waals surface area contributed by atoms with Crippen molar-refractivity contribution < 1.29 is 14.3 Å². The van der Waals surface area contributed by atoms with Crippen LogP contribution < -0.4 is 26.0 Å². The first-order chi connectivity index (χ1) is 12.9. The van der Waals surface area contributed by atoms with Crippen LogP contribution in [0.5, 0.6) is 5.75 Å². The molecule has 9 heteroatoms. The second kappa shape index (κ2) is 7.58. The van der Waals surface area contributed by atoms with Gasteiger partial charge >= 0.3 is 0 Å². The van der Waals surface area contributed by atoms with Gasteiger partial charge in [0, 0.05) is 45.5 Å². The molecule has 9 nitrogen and oxygen atoms in total. The minimum Gasteiger partial charge on any atom is -0.495 e. The highest BCUT2D eigenvalue weighted by atomic mass is 16.5. The number of nitrogens with zero attached hydrogens (tertiary/aromatic N) is 2. The molecule has 0 aromatic heterocycles. The van der Waals surface area contributed by atoms with E-state index >= 15 is 0 Å². The Kier molecular flexibility index (Phi) is 5.22. The number of amides is 2. The lowest BCUT2D eigenvalue weighted by Gasteiger charge is -2.36. The summed E-state index contributed by atoms with van der Waals surface area (Å²) in [4.78, 5) is 27.3. The molecule has 1 atom stereocenters. The Morgan fingerprint density at radius 2 is 2.11 bits per heavy atom. The van der Waals surface area contributed by atoms with Crippen molar-refractivity contribution in [3.8, 4) is 5.75 Å². The zero-order valence-electron chi connectivity index (χ0n) is 15.8. The summed E-state index contributed by atoms with van der Waals surface area (Å²) in [6.07, 6.45) is 2.97. The average Bonchev–Trinajstić information content (AvgIpc) is 2.80. The number of carbonyl (C=O) groups excluding carboxylic acids is 2. The van der Waals surface area contributed by atoms with E-state index in [2.05, 4.69) is 21.3 Å². The molecule has 2 aliphatic rings. The van der Waals surface area contributed by atoms with Gasteiger partial charge in [0.15, 0.2) is 6.29 Å². The number of hydrogen-bond donors (Lipinski definition) is 4. The molecule has 0 spiro atoms. The number of likely N-dealkylation sites (N-methyl/N-ethyl adjacent to an activating group) is 1. The molecule has 3 rings (SSSR count). The number of rotatable bonds is 4. The van der Waals surface area contributed by atoms with Crippen molar-refractivity contribution >= 4 is 17.5 Å². The minimum atomic E-state index is -0.291. The maximum atomic E-state index is 12.0. The lowest BCUT2D eigenvalue weighted by atomic mass is 10.1. The van der Waals surface area contributed by atoms with Gasteiger partial charge in [0.25, 0.3) is 11.8 Å². The molecule has 1 aromatic rings. The summed E-state index contributed by atoms with van der Waals surface area (Å²) in [5.74, 6) is 1.13. The quantitative estimate of drug-likeness (QED) is 0.592. The van der Waals surface area contributed by atoms with Crippen LogP contribution in [0.25, 0.3) is 0 Å². The van der Waals surface area contributed by atoms with Crippen LogP contribution in [0.3, 0.4) is 0 Å². The van der Waals surface area contributed by atoms with Gasteiger partial charge in [-0.15, -0.1) is 0 Å². The molecule has 0 saturated carbocycles. The summed E-state index contributed by atoms with van der Waals surface area (Å²) in [5.41, 5.74) is 2.10. The van der Waals surface area contributed by atoms with E-state index in [0.29, 0.717) is 17.9 Å². The zero-order valence-corrected chi connectivity index (χ0v) is 15.8. The van der Waals surface area contributed by atoms with Gasteiger partial charge in [0.2, 0.25) is 0 Å².